The van der Waals surface area contributed by atoms with Crippen molar-refractivity contribution in [1.29, 1.82) is 0 Å². The maximum atomic E-state index is 10.4. The summed E-state index contributed by atoms with van der Waals surface area (Å²) in [6.45, 7) is 1.98. The van der Waals surface area contributed by atoms with Crippen LogP contribution in [-0.2, 0) is 6.42 Å². The van der Waals surface area contributed by atoms with Gasteiger partial charge in [-0.3, -0.25) is 0 Å². The van der Waals surface area contributed by atoms with E-state index in [0.717, 1.165) is 6.42 Å². The summed E-state index contributed by atoms with van der Waals surface area (Å²) in [6, 6.07) is 0.0377. The maximum absolute atomic E-state index is 10.4. The highest BCUT2D eigenvalue weighted by Crippen LogP contribution is 1.94. The average molecular weight is 157 g/mol. The molecular formula is C6H11N3O2. The second kappa shape index (κ2) is 3.34. The van der Waals surface area contributed by atoms with Gasteiger partial charge in [-0.1, -0.05) is 6.92 Å². The van der Waals surface area contributed by atoms with Gasteiger partial charge in [0.15, 0.2) is 0 Å². The first-order valence-corrected chi connectivity index (χ1v) is 3.52. The van der Waals surface area contributed by atoms with Gasteiger partial charge in [0.05, 0.1) is 0 Å². The standard InChI is InChI=1S/C6H11N3O2/c1-2-4(7)3-5-8-6(10)11-9-5/h4H,2-3,7H2,1H3,(H,8,9,10)/t4-/m0/s1. The summed E-state index contributed by atoms with van der Waals surface area (Å²) in [5.74, 6) is -0.0762. The van der Waals surface area contributed by atoms with Crippen LogP contribution in [0.25, 0.3) is 0 Å². The first kappa shape index (κ1) is 8.00. The number of hydrogen-bond acceptors (Lipinski definition) is 4. The first-order valence-electron chi connectivity index (χ1n) is 3.52. The normalized spacial score (nSPS) is 13.3. The van der Waals surface area contributed by atoms with Gasteiger partial charge in [0.2, 0.25) is 0 Å². The Morgan fingerprint density at radius 1 is 1.82 bits per heavy atom. The number of nitrogens with two attached hydrogens (primary N) is 1. The number of nitrogens with zero attached hydrogens (tertiary/aromatic N) is 1. The Hall–Kier alpha value is -1.10. The molecule has 1 aromatic heterocycles. The van der Waals surface area contributed by atoms with Crippen molar-refractivity contribution in [2.75, 3.05) is 0 Å². The Bertz CT molecular complexity index is 265. The van der Waals surface area contributed by atoms with Crippen molar-refractivity contribution in [2.24, 2.45) is 5.73 Å². The molecule has 5 nitrogen and oxygen atoms in total. The second-order valence-corrected chi connectivity index (χ2v) is 2.40. The van der Waals surface area contributed by atoms with E-state index < -0.39 is 5.76 Å². The molecule has 0 saturated heterocycles. The fourth-order valence-electron chi connectivity index (χ4n) is 0.738. The Morgan fingerprint density at radius 2 is 2.55 bits per heavy atom. The van der Waals surface area contributed by atoms with E-state index in [1.165, 1.54) is 0 Å². The Morgan fingerprint density at radius 3 is 3.00 bits per heavy atom. The number of aromatic amines is 1. The minimum Gasteiger partial charge on any atom is -0.327 e. The van der Waals surface area contributed by atoms with E-state index in [2.05, 4.69) is 14.7 Å². The lowest BCUT2D eigenvalue weighted by Crippen LogP contribution is -2.22. The molecule has 0 aromatic carbocycles. The van der Waals surface area contributed by atoms with E-state index >= 15 is 0 Å². The van der Waals surface area contributed by atoms with Crippen molar-refractivity contribution < 1.29 is 4.52 Å². The number of hydrogen-bond donors (Lipinski definition) is 2. The molecule has 0 bridgehead atoms. The summed E-state index contributed by atoms with van der Waals surface area (Å²) in [5.41, 5.74) is 5.61. The zero-order valence-electron chi connectivity index (χ0n) is 6.33. The third-order valence-corrected chi connectivity index (χ3v) is 1.46. The molecule has 1 heterocycles. The fraction of sp³-hybridized carbons (Fsp3) is 0.667. The third kappa shape index (κ3) is 2.19. The molecule has 0 saturated carbocycles. The summed E-state index contributed by atoms with van der Waals surface area (Å²) in [4.78, 5) is 14.0. The van der Waals surface area contributed by atoms with Gasteiger partial charge in [0.1, 0.15) is 5.82 Å². The highest BCUT2D eigenvalue weighted by molar-refractivity contribution is 4.82. The third-order valence-electron chi connectivity index (χ3n) is 1.46. The van der Waals surface area contributed by atoms with Gasteiger partial charge in [-0.25, -0.2) is 9.95 Å². The van der Waals surface area contributed by atoms with Crippen LogP contribution < -0.4 is 11.5 Å². The van der Waals surface area contributed by atoms with E-state index in [-0.39, 0.29) is 6.04 Å². The quantitative estimate of drug-likeness (QED) is 0.627. The lowest BCUT2D eigenvalue weighted by Gasteiger charge is -2.02. The van der Waals surface area contributed by atoms with Crippen LogP contribution in [0.3, 0.4) is 0 Å². The molecule has 0 aliphatic carbocycles. The van der Waals surface area contributed by atoms with Gasteiger partial charge in [-0.15, -0.1) is 0 Å². The molecule has 0 spiro atoms. The van der Waals surface area contributed by atoms with Crippen LogP contribution in [0.5, 0.6) is 0 Å². The molecule has 3 N–H and O–H groups in total. The molecule has 1 aromatic rings. The molecule has 0 aliphatic rings. The maximum Gasteiger partial charge on any atom is 0.459 e. The monoisotopic (exact) mass is 157 g/mol. The van der Waals surface area contributed by atoms with E-state index in [0.29, 0.717) is 12.2 Å². The van der Waals surface area contributed by atoms with Crippen molar-refractivity contribution in [3.8, 4) is 0 Å². The Labute approximate surface area is 63.6 Å². The molecule has 5 heteroatoms. The Balaban J connectivity index is 2.57. The van der Waals surface area contributed by atoms with Crippen LogP contribution in [0.1, 0.15) is 19.2 Å². The largest absolute Gasteiger partial charge is 0.459 e. The predicted molar refractivity (Wildman–Crippen MR) is 39.1 cm³/mol. The summed E-state index contributed by atoms with van der Waals surface area (Å²) in [5, 5.41) is 2.39. The molecule has 0 amide bonds. The van der Waals surface area contributed by atoms with Gasteiger partial charge in [0.25, 0.3) is 0 Å². The van der Waals surface area contributed by atoms with E-state index in [9.17, 15) is 4.79 Å². The summed E-state index contributed by atoms with van der Waals surface area (Å²) in [6.07, 6.45) is 1.41. The van der Waals surface area contributed by atoms with Crippen LogP contribution in [0, 0.1) is 0 Å². The smallest absolute Gasteiger partial charge is 0.327 e. The SMILES string of the molecule is CC[C@H](N)Cc1nc(=O)o[nH]1. The summed E-state index contributed by atoms with van der Waals surface area (Å²) < 4.78 is 4.36. The van der Waals surface area contributed by atoms with Gasteiger partial charge < -0.3 is 10.3 Å². The molecule has 1 atom stereocenters. The fourth-order valence-corrected chi connectivity index (χ4v) is 0.738. The van der Waals surface area contributed by atoms with Crippen molar-refractivity contribution in [3.05, 3.63) is 16.4 Å². The van der Waals surface area contributed by atoms with Gasteiger partial charge in [-0.05, 0) is 6.42 Å². The van der Waals surface area contributed by atoms with Crippen molar-refractivity contribution in [2.45, 2.75) is 25.8 Å². The highest BCUT2D eigenvalue weighted by atomic mass is 16.5. The van der Waals surface area contributed by atoms with E-state index in [4.69, 9.17) is 5.73 Å². The van der Waals surface area contributed by atoms with E-state index in [1.807, 2.05) is 6.92 Å². The average Bonchev–Trinajstić information content (AvgIpc) is 2.35. The highest BCUT2D eigenvalue weighted by Gasteiger charge is 2.04. The predicted octanol–water partition coefficient (Wildman–Crippen LogP) is -0.357. The molecule has 0 unspecified atom stereocenters. The Kier molecular flexibility index (Phi) is 2.43. The minimum absolute atomic E-state index is 0.0377. The lowest BCUT2D eigenvalue weighted by atomic mass is 10.2. The lowest BCUT2D eigenvalue weighted by molar-refractivity contribution is 0.379. The van der Waals surface area contributed by atoms with Crippen LogP contribution >= 0.6 is 0 Å². The first-order chi connectivity index (χ1) is 5.22. The summed E-state index contributed by atoms with van der Waals surface area (Å²) in [7, 11) is 0. The molecule has 62 valence electrons. The number of nitrogens with one attached hydrogen (secondary N) is 1. The van der Waals surface area contributed by atoms with Crippen LogP contribution in [0.15, 0.2) is 9.32 Å². The molecule has 0 fully saturated rings. The van der Waals surface area contributed by atoms with Gasteiger partial charge >= 0.3 is 5.76 Å². The van der Waals surface area contributed by atoms with E-state index in [1.54, 1.807) is 0 Å². The molecule has 0 aliphatic heterocycles. The zero-order chi connectivity index (χ0) is 8.27. The van der Waals surface area contributed by atoms with Crippen LogP contribution in [-0.4, -0.2) is 16.2 Å². The number of aromatic nitrogens is 2. The van der Waals surface area contributed by atoms with Crippen LogP contribution in [0.4, 0.5) is 0 Å². The van der Waals surface area contributed by atoms with Gasteiger partial charge in [-0.2, -0.15) is 4.98 Å². The van der Waals surface area contributed by atoms with Gasteiger partial charge in [0, 0.05) is 12.5 Å². The number of rotatable bonds is 3. The molecule has 1 rings (SSSR count). The topological polar surface area (TPSA) is 84.9 Å². The second-order valence-electron chi connectivity index (χ2n) is 2.40. The zero-order valence-corrected chi connectivity index (χ0v) is 6.33. The van der Waals surface area contributed by atoms with Crippen molar-refractivity contribution in [3.63, 3.8) is 0 Å². The summed E-state index contributed by atoms with van der Waals surface area (Å²) >= 11 is 0. The molecule has 11 heavy (non-hydrogen) atoms. The number of H-pyrrole nitrogens is 1. The van der Waals surface area contributed by atoms with Crippen molar-refractivity contribution >= 4 is 0 Å². The molecule has 0 radical (unpaired) electrons. The molecular weight excluding hydrogens is 146 g/mol. The van der Waals surface area contributed by atoms with Crippen molar-refractivity contribution in [1.82, 2.24) is 10.1 Å². The van der Waals surface area contributed by atoms with Crippen LogP contribution in [0.2, 0.25) is 0 Å². The minimum atomic E-state index is -0.594.